The van der Waals surface area contributed by atoms with E-state index >= 15 is 0 Å². The number of halogens is 1. The van der Waals surface area contributed by atoms with Gasteiger partial charge in [0.25, 0.3) is 0 Å². The number of pyridine rings is 1. The van der Waals surface area contributed by atoms with Crippen molar-refractivity contribution in [1.29, 1.82) is 0 Å². The van der Waals surface area contributed by atoms with Gasteiger partial charge in [0.05, 0.1) is 16.2 Å². The first-order valence-corrected chi connectivity index (χ1v) is 6.84. The van der Waals surface area contributed by atoms with E-state index in [-0.39, 0.29) is 0 Å². The minimum absolute atomic E-state index is 0.693. The molecule has 0 N–H and O–H groups in total. The standard InChI is InChI=1S/C13H16BrN3/c1-16-6-4-10(5-7-16)11-2-3-13-12(14)8-15-17(13)9-11/h2-3,8-10H,4-7H2,1H3. The summed E-state index contributed by atoms with van der Waals surface area (Å²) < 4.78 is 3.03. The largest absolute Gasteiger partial charge is 0.306 e. The molecule has 0 aliphatic carbocycles. The van der Waals surface area contributed by atoms with Crippen LogP contribution in [0.25, 0.3) is 5.52 Å². The summed E-state index contributed by atoms with van der Waals surface area (Å²) >= 11 is 3.51. The lowest BCUT2D eigenvalue weighted by Gasteiger charge is -2.29. The first-order valence-electron chi connectivity index (χ1n) is 6.05. The molecule has 1 aliphatic heterocycles. The van der Waals surface area contributed by atoms with Gasteiger partial charge in [-0.3, -0.25) is 0 Å². The summed E-state index contributed by atoms with van der Waals surface area (Å²) in [6.45, 7) is 2.40. The lowest BCUT2D eigenvalue weighted by molar-refractivity contribution is 0.255. The molecule has 17 heavy (non-hydrogen) atoms. The summed E-state index contributed by atoms with van der Waals surface area (Å²) in [5, 5.41) is 4.35. The molecule has 1 aliphatic rings. The monoisotopic (exact) mass is 293 g/mol. The van der Waals surface area contributed by atoms with E-state index < -0.39 is 0 Å². The van der Waals surface area contributed by atoms with Gasteiger partial charge >= 0.3 is 0 Å². The van der Waals surface area contributed by atoms with Crippen LogP contribution < -0.4 is 0 Å². The van der Waals surface area contributed by atoms with Crippen LogP contribution in [0.1, 0.15) is 24.3 Å². The van der Waals surface area contributed by atoms with Gasteiger partial charge in [-0.2, -0.15) is 5.10 Å². The minimum atomic E-state index is 0.693. The highest BCUT2D eigenvalue weighted by Crippen LogP contribution is 2.28. The Morgan fingerprint density at radius 2 is 2.06 bits per heavy atom. The summed E-state index contributed by atoms with van der Waals surface area (Å²) in [7, 11) is 2.20. The molecule has 0 spiro atoms. The van der Waals surface area contributed by atoms with Crippen molar-refractivity contribution >= 4 is 21.4 Å². The highest BCUT2D eigenvalue weighted by Gasteiger charge is 2.18. The fourth-order valence-electron chi connectivity index (χ4n) is 2.55. The van der Waals surface area contributed by atoms with E-state index in [0.717, 1.165) is 9.99 Å². The molecule has 1 fully saturated rings. The first kappa shape index (κ1) is 11.2. The SMILES string of the molecule is CN1CCC(c2ccc3c(Br)cnn3c2)CC1. The van der Waals surface area contributed by atoms with E-state index in [1.54, 1.807) is 0 Å². The number of fused-ring (bicyclic) bond motifs is 1. The molecule has 4 heteroatoms. The second-order valence-corrected chi connectivity index (χ2v) is 5.72. The quantitative estimate of drug-likeness (QED) is 0.806. The Labute approximate surface area is 110 Å². The van der Waals surface area contributed by atoms with Gasteiger partial charge in [0.15, 0.2) is 0 Å². The van der Waals surface area contributed by atoms with Gasteiger partial charge in [-0.25, -0.2) is 4.52 Å². The van der Waals surface area contributed by atoms with Crippen molar-refractivity contribution in [3.8, 4) is 0 Å². The molecule has 0 amide bonds. The van der Waals surface area contributed by atoms with Gasteiger partial charge in [-0.05, 0) is 66.5 Å². The van der Waals surface area contributed by atoms with E-state index in [1.165, 1.54) is 31.5 Å². The van der Waals surface area contributed by atoms with Gasteiger partial charge in [0.1, 0.15) is 0 Å². The van der Waals surface area contributed by atoms with Crippen molar-refractivity contribution in [3.05, 3.63) is 34.6 Å². The fraction of sp³-hybridized carbons (Fsp3) is 0.462. The van der Waals surface area contributed by atoms with Crippen LogP contribution in [0.3, 0.4) is 0 Å². The molecule has 90 valence electrons. The summed E-state index contributed by atoms with van der Waals surface area (Å²) in [4.78, 5) is 2.40. The molecule has 0 bridgehead atoms. The van der Waals surface area contributed by atoms with Crippen molar-refractivity contribution in [2.75, 3.05) is 20.1 Å². The molecule has 0 atom stereocenters. The normalized spacial score (nSPS) is 18.9. The molecule has 3 heterocycles. The molecular formula is C13H16BrN3. The summed E-state index contributed by atoms with van der Waals surface area (Å²) in [5.41, 5.74) is 2.56. The summed E-state index contributed by atoms with van der Waals surface area (Å²) in [5.74, 6) is 0.693. The Kier molecular flexibility index (Phi) is 2.92. The van der Waals surface area contributed by atoms with Crippen LogP contribution in [0, 0.1) is 0 Å². The van der Waals surface area contributed by atoms with E-state index in [0.29, 0.717) is 5.92 Å². The maximum absolute atomic E-state index is 4.35. The molecule has 2 aromatic heterocycles. The number of nitrogens with zero attached hydrogens (tertiary/aromatic N) is 3. The predicted molar refractivity (Wildman–Crippen MR) is 72.4 cm³/mol. The Bertz CT molecular complexity index is 526. The van der Waals surface area contributed by atoms with Crippen molar-refractivity contribution in [3.63, 3.8) is 0 Å². The lowest BCUT2D eigenvalue weighted by Crippen LogP contribution is -2.29. The maximum Gasteiger partial charge on any atom is 0.0804 e. The third kappa shape index (κ3) is 2.11. The van der Waals surface area contributed by atoms with E-state index in [4.69, 9.17) is 0 Å². The van der Waals surface area contributed by atoms with Crippen LogP contribution in [0.4, 0.5) is 0 Å². The lowest BCUT2D eigenvalue weighted by atomic mass is 9.91. The second kappa shape index (κ2) is 4.42. The summed E-state index contributed by atoms with van der Waals surface area (Å²) in [6, 6.07) is 4.41. The van der Waals surface area contributed by atoms with Crippen LogP contribution in [-0.4, -0.2) is 34.7 Å². The number of piperidine rings is 1. The number of likely N-dealkylation sites (tertiary alicyclic amines) is 1. The molecule has 0 radical (unpaired) electrons. The Morgan fingerprint density at radius 3 is 2.82 bits per heavy atom. The zero-order valence-corrected chi connectivity index (χ0v) is 11.5. The molecule has 0 aromatic carbocycles. The Morgan fingerprint density at radius 1 is 1.29 bits per heavy atom. The zero-order valence-electron chi connectivity index (χ0n) is 9.93. The molecule has 0 unspecified atom stereocenters. The number of hydrogen-bond acceptors (Lipinski definition) is 2. The van der Waals surface area contributed by atoms with Crippen molar-refractivity contribution in [2.45, 2.75) is 18.8 Å². The van der Waals surface area contributed by atoms with Crippen molar-refractivity contribution in [2.24, 2.45) is 0 Å². The van der Waals surface area contributed by atoms with Gasteiger partial charge in [0, 0.05) is 6.20 Å². The van der Waals surface area contributed by atoms with Gasteiger partial charge in [-0.15, -0.1) is 0 Å². The Balaban J connectivity index is 1.90. The Hall–Kier alpha value is -0.870. The predicted octanol–water partition coefficient (Wildman–Crippen LogP) is 2.91. The topological polar surface area (TPSA) is 20.5 Å². The zero-order chi connectivity index (χ0) is 11.8. The molecular weight excluding hydrogens is 278 g/mol. The number of aromatic nitrogens is 2. The third-order valence-corrected chi connectivity index (χ3v) is 4.29. The van der Waals surface area contributed by atoms with E-state index in [9.17, 15) is 0 Å². The second-order valence-electron chi connectivity index (χ2n) is 4.86. The van der Waals surface area contributed by atoms with Crippen LogP contribution in [0.2, 0.25) is 0 Å². The molecule has 0 saturated carbocycles. The van der Waals surface area contributed by atoms with Crippen LogP contribution in [0.5, 0.6) is 0 Å². The molecule has 2 aromatic rings. The maximum atomic E-state index is 4.35. The number of hydrogen-bond donors (Lipinski definition) is 0. The molecule has 3 nitrogen and oxygen atoms in total. The van der Waals surface area contributed by atoms with Gasteiger partial charge in [-0.1, -0.05) is 6.07 Å². The minimum Gasteiger partial charge on any atom is -0.306 e. The van der Waals surface area contributed by atoms with Crippen LogP contribution in [-0.2, 0) is 0 Å². The first-order chi connectivity index (χ1) is 8.24. The van der Waals surface area contributed by atoms with Gasteiger partial charge in [0.2, 0.25) is 0 Å². The number of rotatable bonds is 1. The molecule has 1 saturated heterocycles. The van der Waals surface area contributed by atoms with Gasteiger partial charge < -0.3 is 4.90 Å². The van der Waals surface area contributed by atoms with E-state index in [2.05, 4.69) is 51.3 Å². The van der Waals surface area contributed by atoms with E-state index in [1.807, 2.05) is 10.7 Å². The highest BCUT2D eigenvalue weighted by molar-refractivity contribution is 9.10. The molecule has 3 rings (SSSR count). The smallest absolute Gasteiger partial charge is 0.0804 e. The van der Waals surface area contributed by atoms with Crippen molar-refractivity contribution in [1.82, 2.24) is 14.5 Å². The van der Waals surface area contributed by atoms with Crippen molar-refractivity contribution < 1.29 is 0 Å². The third-order valence-electron chi connectivity index (χ3n) is 3.68. The van der Waals surface area contributed by atoms with Crippen LogP contribution >= 0.6 is 15.9 Å². The highest BCUT2D eigenvalue weighted by atomic mass is 79.9. The summed E-state index contributed by atoms with van der Waals surface area (Å²) in [6.07, 6.45) is 6.54. The average molecular weight is 294 g/mol. The van der Waals surface area contributed by atoms with Crippen LogP contribution in [0.15, 0.2) is 29.0 Å². The fourth-order valence-corrected chi connectivity index (χ4v) is 2.96. The average Bonchev–Trinajstić information content (AvgIpc) is 2.72.